The monoisotopic (exact) mass is 661 g/mol. The Hall–Kier alpha value is -3.91. The molecule has 0 aromatic heterocycles. The highest BCUT2D eigenvalue weighted by molar-refractivity contribution is 5.97. The summed E-state index contributed by atoms with van der Waals surface area (Å²) < 4.78 is 11.0. The number of benzene rings is 2. The molecule has 2 aromatic rings. The van der Waals surface area contributed by atoms with Crippen molar-refractivity contribution in [2.24, 2.45) is 5.73 Å². The van der Waals surface area contributed by atoms with Gasteiger partial charge in [0.2, 0.25) is 11.8 Å². The third-order valence-corrected chi connectivity index (χ3v) is 7.53. The Bertz CT molecular complexity index is 1230. The number of nitrogens with one attached hydrogen (secondary N) is 2. The summed E-state index contributed by atoms with van der Waals surface area (Å²) in [6.45, 7) is 2.25. The van der Waals surface area contributed by atoms with Gasteiger partial charge in [-0.05, 0) is 74.2 Å². The lowest BCUT2D eigenvalue weighted by molar-refractivity contribution is -0.160. The fourth-order valence-corrected chi connectivity index (χ4v) is 4.72. The van der Waals surface area contributed by atoms with Crippen LogP contribution in [0.5, 0.6) is 17.2 Å². The summed E-state index contributed by atoms with van der Waals surface area (Å²) in [7, 11) is 0. The topological polar surface area (TPSA) is 221 Å². The van der Waals surface area contributed by atoms with E-state index in [-0.39, 0.29) is 37.3 Å². The lowest BCUT2D eigenvalue weighted by Gasteiger charge is -2.25. The minimum Gasteiger partial charge on any atom is -0.504 e. The predicted octanol–water partition coefficient (Wildman–Crippen LogP) is 2.65. The highest BCUT2D eigenvalue weighted by Gasteiger charge is 2.31. The number of nitrogens with two attached hydrogens (primary N) is 1. The molecule has 2 rings (SSSR count). The van der Waals surface area contributed by atoms with Crippen LogP contribution in [0.2, 0.25) is 0 Å². The molecule has 0 aliphatic rings. The first-order valence-electron chi connectivity index (χ1n) is 16.3. The van der Waals surface area contributed by atoms with Gasteiger partial charge in [-0.25, -0.2) is 0 Å². The molecule has 13 nitrogen and oxygen atoms in total. The maximum atomic E-state index is 13.1. The van der Waals surface area contributed by atoms with E-state index in [1.807, 2.05) is 0 Å². The van der Waals surface area contributed by atoms with Crippen molar-refractivity contribution in [3.8, 4) is 17.2 Å². The highest BCUT2D eigenvalue weighted by Crippen LogP contribution is 2.25. The number of phenolic OH excluding ortho intramolecular Hbond substituents is 2. The van der Waals surface area contributed by atoms with E-state index in [9.17, 15) is 39.9 Å². The number of rotatable bonds is 23. The van der Waals surface area contributed by atoms with E-state index >= 15 is 0 Å². The van der Waals surface area contributed by atoms with Crippen LogP contribution in [0.1, 0.15) is 76.7 Å². The molecule has 0 aliphatic heterocycles. The molecule has 0 saturated carbocycles. The number of aliphatic hydroxyl groups is 3. The van der Waals surface area contributed by atoms with Gasteiger partial charge in [-0.3, -0.25) is 14.4 Å². The Labute approximate surface area is 276 Å². The van der Waals surface area contributed by atoms with Gasteiger partial charge in [0.15, 0.2) is 11.5 Å². The van der Waals surface area contributed by atoms with Gasteiger partial charge in [0, 0.05) is 18.5 Å². The van der Waals surface area contributed by atoms with E-state index in [0.29, 0.717) is 30.0 Å². The molecule has 0 spiro atoms. The number of amides is 2. The molecule has 262 valence electrons. The summed E-state index contributed by atoms with van der Waals surface area (Å²) in [5.74, 6) is -2.24. The number of carbonyl (C=O) groups excluding carboxylic acids is 3. The fraction of sp³-hybridized carbons (Fsp3) is 0.559. The van der Waals surface area contributed by atoms with Crippen LogP contribution < -0.4 is 21.1 Å². The van der Waals surface area contributed by atoms with E-state index in [1.54, 1.807) is 24.3 Å². The van der Waals surface area contributed by atoms with Crippen LogP contribution in [0.3, 0.4) is 0 Å². The van der Waals surface area contributed by atoms with E-state index in [0.717, 1.165) is 12.8 Å². The molecule has 47 heavy (non-hydrogen) atoms. The fourth-order valence-electron chi connectivity index (χ4n) is 4.72. The van der Waals surface area contributed by atoms with Crippen molar-refractivity contribution in [3.63, 3.8) is 0 Å². The summed E-state index contributed by atoms with van der Waals surface area (Å²) in [6.07, 6.45) is 2.12. The summed E-state index contributed by atoms with van der Waals surface area (Å²) in [5.41, 5.74) is 6.64. The van der Waals surface area contributed by atoms with Gasteiger partial charge in [0.1, 0.15) is 30.1 Å². The second kappa shape index (κ2) is 21.8. The van der Waals surface area contributed by atoms with Crippen LogP contribution in [0.25, 0.3) is 0 Å². The van der Waals surface area contributed by atoms with Crippen molar-refractivity contribution >= 4 is 23.5 Å². The SMILES string of the molecule is CCCCCCCCOc1ccc(NC(=O)C(CCCN)NC(=O)C(O)CC(OC(=O)CCc2ccc(O)c(O)c2)C(O)CO)cc1. The van der Waals surface area contributed by atoms with Gasteiger partial charge in [0.25, 0.3) is 0 Å². The molecule has 0 heterocycles. The average Bonchev–Trinajstić information content (AvgIpc) is 3.06. The van der Waals surface area contributed by atoms with E-state index in [2.05, 4.69) is 17.6 Å². The molecular weight excluding hydrogens is 610 g/mol. The first kappa shape index (κ1) is 39.3. The molecule has 0 fully saturated rings. The lowest BCUT2D eigenvalue weighted by Crippen LogP contribution is -2.49. The van der Waals surface area contributed by atoms with Crippen LogP contribution in [0.15, 0.2) is 42.5 Å². The van der Waals surface area contributed by atoms with E-state index in [1.165, 1.54) is 43.9 Å². The third-order valence-electron chi connectivity index (χ3n) is 7.53. The van der Waals surface area contributed by atoms with E-state index in [4.69, 9.17) is 15.2 Å². The Morgan fingerprint density at radius 2 is 1.60 bits per heavy atom. The Morgan fingerprint density at radius 3 is 2.26 bits per heavy atom. The number of aliphatic hydroxyl groups excluding tert-OH is 3. The minimum atomic E-state index is -1.79. The molecular formula is C34H51N3O10. The van der Waals surface area contributed by atoms with Crippen LogP contribution in [0, 0.1) is 0 Å². The second-order valence-electron chi connectivity index (χ2n) is 11.5. The van der Waals surface area contributed by atoms with Crippen LogP contribution in [-0.4, -0.2) is 87.4 Å². The average molecular weight is 662 g/mol. The zero-order chi connectivity index (χ0) is 34.6. The maximum absolute atomic E-state index is 13.1. The largest absolute Gasteiger partial charge is 0.504 e. The van der Waals surface area contributed by atoms with E-state index < -0.39 is 55.2 Å². The lowest BCUT2D eigenvalue weighted by atomic mass is 10.0. The van der Waals surface area contributed by atoms with Gasteiger partial charge in [-0.2, -0.15) is 0 Å². The predicted molar refractivity (Wildman–Crippen MR) is 176 cm³/mol. The molecule has 0 radical (unpaired) electrons. The van der Waals surface area contributed by atoms with Gasteiger partial charge < -0.3 is 51.4 Å². The summed E-state index contributed by atoms with van der Waals surface area (Å²) in [4.78, 5) is 38.4. The smallest absolute Gasteiger partial charge is 0.306 e. The number of hydrogen-bond donors (Lipinski definition) is 8. The molecule has 0 bridgehead atoms. The number of carbonyl (C=O) groups is 3. The molecule has 0 saturated heterocycles. The number of esters is 1. The van der Waals surface area contributed by atoms with Gasteiger partial charge in [0.05, 0.1) is 13.2 Å². The first-order valence-corrected chi connectivity index (χ1v) is 16.3. The molecule has 4 unspecified atom stereocenters. The summed E-state index contributed by atoms with van der Waals surface area (Å²) in [6, 6.07) is 9.88. The number of hydrogen-bond acceptors (Lipinski definition) is 11. The minimum absolute atomic E-state index is 0.129. The van der Waals surface area contributed by atoms with Crippen molar-refractivity contribution in [2.45, 2.75) is 102 Å². The number of phenols is 2. The first-order chi connectivity index (χ1) is 22.6. The van der Waals surface area contributed by atoms with Crippen LogP contribution in [0.4, 0.5) is 5.69 Å². The van der Waals surface area contributed by atoms with Crippen LogP contribution in [-0.2, 0) is 25.5 Å². The number of anilines is 1. The van der Waals surface area contributed by atoms with Crippen molar-refractivity contribution in [1.82, 2.24) is 5.32 Å². The van der Waals surface area contributed by atoms with Crippen molar-refractivity contribution < 1.29 is 49.4 Å². The third kappa shape index (κ3) is 15.0. The number of aromatic hydroxyl groups is 2. The molecule has 9 N–H and O–H groups in total. The Kier molecular flexibility index (Phi) is 18.2. The van der Waals surface area contributed by atoms with Crippen LogP contribution >= 0.6 is 0 Å². The zero-order valence-electron chi connectivity index (χ0n) is 27.1. The molecule has 2 amide bonds. The zero-order valence-corrected chi connectivity index (χ0v) is 27.1. The molecule has 4 atom stereocenters. The number of ether oxygens (including phenoxy) is 2. The Morgan fingerprint density at radius 1 is 0.894 bits per heavy atom. The Balaban J connectivity index is 1.91. The molecule has 13 heteroatoms. The quantitative estimate of drug-likeness (QED) is 0.0491. The maximum Gasteiger partial charge on any atom is 0.306 e. The van der Waals surface area contributed by atoms with Crippen molar-refractivity contribution in [3.05, 3.63) is 48.0 Å². The normalized spacial score (nSPS) is 13.6. The number of aryl methyl sites for hydroxylation is 1. The number of unbranched alkanes of at least 4 members (excludes halogenated alkanes) is 5. The standard InChI is InChI=1S/C34H51N3O10/c1-2-3-4-5-6-7-19-46-25-14-12-24(13-15-25)36-33(44)26(9-8-18-35)37-34(45)29(41)21-31(30(42)22-38)47-32(43)17-11-23-10-16-27(39)28(40)20-23/h10,12-16,20,26,29-31,38-42H,2-9,11,17-19,21-22,35H2,1H3,(H,36,44)(H,37,45). The van der Waals surface area contributed by atoms with Gasteiger partial charge in [-0.15, -0.1) is 0 Å². The summed E-state index contributed by atoms with van der Waals surface area (Å²) in [5, 5.41) is 54.6. The summed E-state index contributed by atoms with van der Waals surface area (Å²) >= 11 is 0. The van der Waals surface area contributed by atoms with Crippen molar-refractivity contribution in [1.29, 1.82) is 0 Å². The highest BCUT2D eigenvalue weighted by atomic mass is 16.6. The van der Waals surface area contributed by atoms with Crippen molar-refractivity contribution in [2.75, 3.05) is 25.1 Å². The molecule has 2 aromatic carbocycles. The van der Waals surface area contributed by atoms with Gasteiger partial charge in [-0.1, -0.05) is 45.1 Å². The molecule has 0 aliphatic carbocycles. The van der Waals surface area contributed by atoms with Gasteiger partial charge >= 0.3 is 5.97 Å². The second-order valence-corrected chi connectivity index (χ2v) is 11.5.